The third-order valence-electron chi connectivity index (χ3n) is 4.22. The number of rotatable bonds is 3. The topological polar surface area (TPSA) is 47.6 Å². The minimum absolute atomic E-state index is 0.0591. The maximum Gasteiger partial charge on any atom is 0.251 e. The summed E-state index contributed by atoms with van der Waals surface area (Å²) in [6.45, 7) is 5.46. The molecule has 1 spiro atoms. The van der Waals surface area contributed by atoms with Gasteiger partial charge in [0.25, 0.3) is 5.91 Å². The molecule has 1 saturated carbocycles. The molecule has 1 fully saturated rings. The Labute approximate surface area is 119 Å². The van der Waals surface area contributed by atoms with Crippen LogP contribution in [0.1, 0.15) is 43.5 Å². The maximum absolute atomic E-state index is 12.1. The Balaban J connectivity index is 1.76. The number of fused-ring (bicyclic) bond motifs is 1. The molecule has 1 aromatic rings. The summed E-state index contributed by atoms with van der Waals surface area (Å²) < 4.78 is 11.6. The van der Waals surface area contributed by atoms with E-state index in [2.05, 4.69) is 5.32 Å². The standard InChI is InChI=1S/C16H21NO3/c1-3-11(2)17-15(18)12-4-5-13-14(8-12)20-10-16(6-7-16)9-19-13/h4-5,8,11H,3,6-7,9-10H2,1-2H3,(H,17,18)/t11-/m0/s1. The number of benzene rings is 1. The molecule has 0 saturated heterocycles. The van der Waals surface area contributed by atoms with Crippen molar-refractivity contribution in [3.8, 4) is 11.5 Å². The monoisotopic (exact) mass is 275 g/mol. The predicted octanol–water partition coefficient (Wildman–Crippen LogP) is 2.77. The molecule has 1 atom stereocenters. The summed E-state index contributed by atoms with van der Waals surface area (Å²) in [5.41, 5.74) is 0.845. The molecule has 108 valence electrons. The summed E-state index contributed by atoms with van der Waals surface area (Å²) in [5.74, 6) is 1.37. The summed E-state index contributed by atoms with van der Waals surface area (Å²) in [6, 6.07) is 5.59. The molecule has 0 bridgehead atoms. The van der Waals surface area contributed by atoms with E-state index in [1.54, 1.807) is 12.1 Å². The van der Waals surface area contributed by atoms with Crippen LogP contribution in [0.15, 0.2) is 18.2 Å². The molecule has 4 heteroatoms. The maximum atomic E-state index is 12.1. The van der Waals surface area contributed by atoms with Gasteiger partial charge in [0.1, 0.15) is 0 Å². The second-order valence-electron chi connectivity index (χ2n) is 6.02. The van der Waals surface area contributed by atoms with E-state index in [-0.39, 0.29) is 17.4 Å². The summed E-state index contributed by atoms with van der Waals surface area (Å²) in [6.07, 6.45) is 3.25. The number of ether oxygens (including phenoxy) is 2. The number of hydrogen-bond acceptors (Lipinski definition) is 3. The van der Waals surface area contributed by atoms with Crippen LogP contribution >= 0.6 is 0 Å². The average Bonchev–Trinajstić information content (AvgIpc) is 3.26. The Hall–Kier alpha value is -1.71. The van der Waals surface area contributed by atoms with Gasteiger partial charge in [-0.05, 0) is 44.4 Å². The van der Waals surface area contributed by atoms with Gasteiger partial charge in [-0.2, -0.15) is 0 Å². The molecule has 3 rings (SSSR count). The van der Waals surface area contributed by atoms with Crippen molar-refractivity contribution in [1.29, 1.82) is 0 Å². The van der Waals surface area contributed by atoms with Crippen LogP contribution in [0.25, 0.3) is 0 Å². The molecule has 0 radical (unpaired) electrons. The molecule has 2 aliphatic rings. The Bertz CT molecular complexity index is 522. The first kappa shape index (κ1) is 13.3. The van der Waals surface area contributed by atoms with Gasteiger partial charge in [-0.1, -0.05) is 6.92 Å². The molecule has 20 heavy (non-hydrogen) atoms. The minimum Gasteiger partial charge on any atom is -0.489 e. The minimum atomic E-state index is -0.0591. The smallest absolute Gasteiger partial charge is 0.251 e. The Morgan fingerprint density at radius 1 is 1.30 bits per heavy atom. The zero-order valence-electron chi connectivity index (χ0n) is 12.1. The Morgan fingerprint density at radius 3 is 2.65 bits per heavy atom. The van der Waals surface area contributed by atoms with E-state index in [9.17, 15) is 4.79 Å². The fourth-order valence-electron chi connectivity index (χ4n) is 2.26. The number of carbonyl (C=O) groups excluding carboxylic acids is 1. The van der Waals surface area contributed by atoms with Crippen molar-refractivity contribution in [2.75, 3.05) is 13.2 Å². The van der Waals surface area contributed by atoms with E-state index < -0.39 is 0 Å². The highest BCUT2D eigenvalue weighted by atomic mass is 16.5. The van der Waals surface area contributed by atoms with E-state index in [1.165, 1.54) is 12.8 Å². The summed E-state index contributed by atoms with van der Waals surface area (Å²) in [5, 5.41) is 2.96. The summed E-state index contributed by atoms with van der Waals surface area (Å²) in [7, 11) is 0. The first-order chi connectivity index (χ1) is 9.62. The van der Waals surface area contributed by atoms with E-state index in [1.807, 2.05) is 19.9 Å². The summed E-state index contributed by atoms with van der Waals surface area (Å²) in [4.78, 5) is 12.1. The van der Waals surface area contributed by atoms with Crippen LogP contribution in [-0.4, -0.2) is 25.2 Å². The normalized spacial score (nSPS) is 20.1. The largest absolute Gasteiger partial charge is 0.489 e. The van der Waals surface area contributed by atoms with Crippen LogP contribution < -0.4 is 14.8 Å². The van der Waals surface area contributed by atoms with Gasteiger partial charge in [-0.15, -0.1) is 0 Å². The zero-order chi connectivity index (χ0) is 14.2. The fraction of sp³-hybridized carbons (Fsp3) is 0.562. The third-order valence-corrected chi connectivity index (χ3v) is 4.22. The SMILES string of the molecule is CC[C@H](C)NC(=O)c1ccc2c(c1)OCC1(CC1)CO2. The van der Waals surface area contributed by atoms with Crippen molar-refractivity contribution in [1.82, 2.24) is 5.32 Å². The van der Waals surface area contributed by atoms with Crippen molar-refractivity contribution >= 4 is 5.91 Å². The first-order valence-electron chi connectivity index (χ1n) is 7.32. The highest BCUT2D eigenvalue weighted by molar-refractivity contribution is 5.95. The van der Waals surface area contributed by atoms with E-state index in [4.69, 9.17) is 9.47 Å². The second kappa shape index (κ2) is 5.00. The van der Waals surface area contributed by atoms with Crippen molar-refractivity contribution in [3.05, 3.63) is 23.8 Å². The molecule has 1 amide bonds. The second-order valence-corrected chi connectivity index (χ2v) is 6.02. The lowest BCUT2D eigenvalue weighted by Gasteiger charge is -2.13. The molecule has 1 aliphatic heterocycles. The molecular weight excluding hydrogens is 254 g/mol. The van der Waals surface area contributed by atoms with Gasteiger partial charge >= 0.3 is 0 Å². The van der Waals surface area contributed by atoms with Gasteiger partial charge in [0, 0.05) is 17.0 Å². The fourth-order valence-corrected chi connectivity index (χ4v) is 2.26. The van der Waals surface area contributed by atoms with E-state index in [0.29, 0.717) is 17.9 Å². The van der Waals surface area contributed by atoms with Crippen LogP contribution in [0.4, 0.5) is 0 Å². The van der Waals surface area contributed by atoms with Gasteiger partial charge in [-0.25, -0.2) is 0 Å². The van der Waals surface area contributed by atoms with Crippen molar-refractivity contribution in [3.63, 3.8) is 0 Å². The number of amides is 1. The lowest BCUT2D eigenvalue weighted by atomic mass is 10.1. The van der Waals surface area contributed by atoms with Gasteiger partial charge in [0.05, 0.1) is 13.2 Å². The van der Waals surface area contributed by atoms with Crippen molar-refractivity contribution in [2.45, 2.75) is 39.2 Å². The highest BCUT2D eigenvalue weighted by Crippen LogP contribution is 2.49. The summed E-state index contributed by atoms with van der Waals surface area (Å²) >= 11 is 0. The lowest BCUT2D eigenvalue weighted by Crippen LogP contribution is -2.31. The quantitative estimate of drug-likeness (QED) is 0.922. The Morgan fingerprint density at radius 2 is 2.00 bits per heavy atom. The molecule has 0 aromatic heterocycles. The highest BCUT2D eigenvalue weighted by Gasteiger charge is 2.46. The third kappa shape index (κ3) is 2.60. The average molecular weight is 275 g/mol. The Kier molecular flexibility index (Phi) is 3.32. The van der Waals surface area contributed by atoms with Crippen LogP contribution in [0.3, 0.4) is 0 Å². The van der Waals surface area contributed by atoms with Crippen LogP contribution in [0.2, 0.25) is 0 Å². The molecule has 4 nitrogen and oxygen atoms in total. The number of nitrogens with one attached hydrogen (secondary N) is 1. The molecule has 1 heterocycles. The van der Waals surface area contributed by atoms with Gasteiger partial charge in [0.15, 0.2) is 11.5 Å². The van der Waals surface area contributed by atoms with Crippen molar-refractivity contribution in [2.24, 2.45) is 5.41 Å². The van der Waals surface area contributed by atoms with Gasteiger partial charge < -0.3 is 14.8 Å². The van der Waals surface area contributed by atoms with Crippen molar-refractivity contribution < 1.29 is 14.3 Å². The number of hydrogen-bond donors (Lipinski definition) is 1. The molecule has 0 unspecified atom stereocenters. The molecule has 1 aliphatic carbocycles. The molecule has 1 aromatic carbocycles. The molecule has 1 N–H and O–H groups in total. The first-order valence-corrected chi connectivity index (χ1v) is 7.32. The predicted molar refractivity (Wildman–Crippen MR) is 76.3 cm³/mol. The van der Waals surface area contributed by atoms with Gasteiger partial charge in [0.2, 0.25) is 0 Å². The van der Waals surface area contributed by atoms with Crippen LogP contribution in [-0.2, 0) is 0 Å². The lowest BCUT2D eigenvalue weighted by molar-refractivity contribution is 0.0939. The van der Waals surface area contributed by atoms with E-state index >= 15 is 0 Å². The van der Waals surface area contributed by atoms with E-state index in [0.717, 1.165) is 18.8 Å². The number of carbonyl (C=O) groups is 1. The van der Waals surface area contributed by atoms with Crippen LogP contribution in [0.5, 0.6) is 11.5 Å². The van der Waals surface area contributed by atoms with Gasteiger partial charge in [-0.3, -0.25) is 4.79 Å². The molecular formula is C16H21NO3. The zero-order valence-corrected chi connectivity index (χ0v) is 12.1. The van der Waals surface area contributed by atoms with Crippen LogP contribution in [0, 0.1) is 5.41 Å².